The Bertz CT molecular complexity index is 2490. The zero-order chi connectivity index (χ0) is 44.1. The van der Waals surface area contributed by atoms with Crippen LogP contribution in [0.15, 0.2) is 48.5 Å². The number of alkyl carbamates (subject to hydrolysis) is 2. The third-order valence-electron chi connectivity index (χ3n) is 14.6. The Hall–Kier alpha value is -5.96. The van der Waals surface area contributed by atoms with Gasteiger partial charge in [-0.15, -0.1) is 0 Å². The summed E-state index contributed by atoms with van der Waals surface area (Å²) < 4.78 is 9.65. The highest BCUT2D eigenvalue weighted by Gasteiger charge is 2.66. The summed E-state index contributed by atoms with van der Waals surface area (Å²) in [5, 5.41) is 5.48. The highest BCUT2D eigenvalue weighted by molar-refractivity contribution is 5.90. The van der Waals surface area contributed by atoms with E-state index in [9.17, 15) is 19.2 Å². The van der Waals surface area contributed by atoms with Crippen LogP contribution in [-0.2, 0) is 19.1 Å². The second kappa shape index (κ2) is 15.4. The minimum Gasteiger partial charge on any atom is -0.453 e. The summed E-state index contributed by atoms with van der Waals surface area (Å²) in [7, 11) is 2.61. The second-order valence-electron chi connectivity index (χ2n) is 19.1. The van der Waals surface area contributed by atoms with E-state index in [2.05, 4.69) is 81.0 Å². The lowest BCUT2D eigenvalue weighted by atomic mass is 9.68. The number of piperidine rings is 1. The number of rotatable bonds is 10. The first kappa shape index (κ1) is 41.1. The van der Waals surface area contributed by atoms with E-state index in [4.69, 9.17) is 19.4 Å². The van der Waals surface area contributed by atoms with Crippen molar-refractivity contribution < 1.29 is 28.7 Å². The molecular weight excluding hydrogens is 799 g/mol. The Morgan fingerprint density at radius 2 is 1.10 bits per heavy atom. The number of nitrogens with one attached hydrogen (secondary N) is 4. The van der Waals surface area contributed by atoms with Gasteiger partial charge in [-0.05, 0) is 115 Å². The SMILES string of the molecule is COC(=O)NC(C(=O)N1CCCC1c1nc2ccc(-c3ccc(-c4ccc5nc(C6CCCN6C(=O)C(NC(=O)OC)C(C)C)[nH]c5c4)c4c3C3CC5(C)CC4N35)cc2[nH]1)C(C)C. The van der Waals surface area contributed by atoms with Crippen LogP contribution < -0.4 is 10.6 Å². The van der Waals surface area contributed by atoms with Gasteiger partial charge in [0.15, 0.2) is 0 Å². The molecule has 330 valence electrons. The Balaban J connectivity index is 0.953. The fraction of sp³-hybridized carbons (Fsp3) is 0.500. The van der Waals surface area contributed by atoms with Crippen molar-refractivity contribution in [2.45, 2.75) is 115 Å². The topological polar surface area (TPSA) is 178 Å². The number of ether oxygens (including phenoxy) is 2. The molecule has 5 aliphatic heterocycles. The van der Waals surface area contributed by atoms with Crippen molar-refractivity contribution in [3.8, 4) is 22.3 Å². The molecule has 4 N–H and O–H groups in total. The molecule has 10 rings (SSSR count). The quantitative estimate of drug-likeness (QED) is 0.109. The average Bonchev–Trinajstić information content (AvgIpc) is 4.11. The van der Waals surface area contributed by atoms with Crippen molar-refractivity contribution in [3.05, 3.63) is 71.3 Å². The summed E-state index contributed by atoms with van der Waals surface area (Å²) in [5.74, 6) is 1.04. The van der Waals surface area contributed by atoms with Gasteiger partial charge in [0.1, 0.15) is 23.7 Å². The summed E-state index contributed by atoms with van der Waals surface area (Å²) >= 11 is 0. The van der Waals surface area contributed by atoms with Crippen LogP contribution in [0.3, 0.4) is 0 Å². The Labute approximate surface area is 366 Å². The maximum Gasteiger partial charge on any atom is 0.407 e. The molecule has 3 aromatic carbocycles. The summed E-state index contributed by atoms with van der Waals surface area (Å²) in [4.78, 5) is 75.6. The minimum atomic E-state index is -0.695. The average molecular weight is 856 g/mol. The molecule has 15 heteroatoms. The first-order valence-corrected chi connectivity index (χ1v) is 22.5. The van der Waals surface area contributed by atoms with Gasteiger partial charge in [-0.1, -0.05) is 52.0 Å². The molecule has 0 spiro atoms. The number of aromatic amines is 2. The van der Waals surface area contributed by atoms with E-state index in [0.717, 1.165) is 83.4 Å². The fourth-order valence-electron chi connectivity index (χ4n) is 11.5. The molecule has 6 atom stereocenters. The van der Waals surface area contributed by atoms with Crippen LogP contribution in [0.5, 0.6) is 0 Å². The van der Waals surface area contributed by atoms with E-state index in [1.54, 1.807) is 0 Å². The Kier molecular flexibility index (Phi) is 10.0. The maximum atomic E-state index is 13.8. The van der Waals surface area contributed by atoms with Gasteiger partial charge in [0, 0.05) is 30.7 Å². The minimum absolute atomic E-state index is 0.111. The number of amides is 4. The normalized spacial score (nSPS) is 24.6. The first-order valence-electron chi connectivity index (χ1n) is 22.5. The van der Waals surface area contributed by atoms with Crippen molar-refractivity contribution >= 4 is 46.1 Å². The molecule has 2 aromatic heterocycles. The van der Waals surface area contributed by atoms with Crippen LogP contribution in [-0.4, -0.2) is 104 Å². The number of hydrogen-bond donors (Lipinski definition) is 4. The number of imidazole rings is 2. The van der Waals surface area contributed by atoms with Gasteiger partial charge in [-0.2, -0.15) is 0 Å². The number of fused-ring (bicyclic) bond motifs is 5. The summed E-state index contributed by atoms with van der Waals surface area (Å²) in [6.45, 7) is 11.3. The molecule has 0 bridgehead atoms. The smallest absolute Gasteiger partial charge is 0.407 e. The van der Waals surface area contributed by atoms with Gasteiger partial charge >= 0.3 is 12.2 Å². The number of likely N-dealkylation sites (tertiary alicyclic amines) is 2. The van der Waals surface area contributed by atoms with Gasteiger partial charge in [-0.25, -0.2) is 19.6 Å². The van der Waals surface area contributed by atoms with Crippen LogP contribution in [0.2, 0.25) is 0 Å². The third kappa shape index (κ3) is 6.64. The van der Waals surface area contributed by atoms with Crippen LogP contribution >= 0.6 is 0 Å². The van der Waals surface area contributed by atoms with Crippen molar-refractivity contribution in [2.24, 2.45) is 11.8 Å². The molecule has 4 fully saturated rings. The molecule has 5 aromatic rings. The molecule has 63 heavy (non-hydrogen) atoms. The van der Waals surface area contributed by atoms with E-state index in [1.165, 1.54) is 36.5 Å². The molecule has 4 saturated heterocycles. The van der Waals surface area contributed by atoms with E-state index < -0.39 is 24.3 Å². The van der Waals surface area contributed by atoms with Crippen LogP contribution in [0.4, 0.5) is 9.59 Å². The number of carbonyl (C=O) groups is 4. The van der Waals surface area contributed by atoms with Gasteiger partial charge in [0.05, 0.1) is 48.4 Å². The van der Waals surface area contributed by atoms with Gasteiger partial charge in [-0.3, -0.25) is 14.5 Å². The fourth-order valence-corrected chi connectivity index (χ4v) is 11.5. The monoisotopic (exact) mass is 855 g/mol. The molecule has 5 aliphatic rings. The molecule has 0 aliphatic carbocycles. The number of benzene rings is 3. The molecular formula is C48H57N9O6. The van der Waals surface area contributed by atoms with Gasteiger partial charge < -0.3 is 39.9 Å². The molecule has 4 amide bonds. The largest absolute Gasteiger partial charge is 0.453 e. The number of nitrogens with zero attached hydrogens (tertiary/aromatic N) is 5. The lowest BCUT2D eigenvalue weighted by Crippen LogP contribution is -2.66. The maximum absolute atomic E-state index is 13.8. The standard InChI is InChI=1S/C48H57N9O6/c1-24(2)40(53-46(60)62-6)44(58)55-18-8-10-34(55)42-49-30-16-12-26(20-32(30)51-42)28-14-15-29(39-37-23-48(5)22-36(38(28)39)57(37)48)27-13-17-31-33(21-27)52-43(50-31)35-11-9-19-56(35)45(59)41(25(3)4)54-47(61)63-7/h12-17,20-21,24-25,34-37,40-41H,8-11,18-19,22-23H2,1-7H3,(H,49,51)(H,50,52)(H,53,60)(H,54,61). The van der Waals surface area contributed by atoms with Crippen molar-refractivity contribution in [2.75, 3.05) is 27.3 Å². The zero-order valence-corrected chi connectivity index (χ0v) is 37.1. The van der Waals surface area contributed by atoms with Crippen LogP contribution in [0.1, 0.15) is 120 Å². The number of H-pyrrole nitrogens is 2. The lowest BCUT2D eigenvalue weighted by molar-refractivity contribution is -0.177. The highest BCUT2D eigenvalue weighted by atomic mass is 16.5. The summed E-state index contributed by atoms with van der Waals surface area (Å²) in [6.07, 6.45) is 4.29. The van der Waals surface area contributed by atoms with Crippen LogP contribution in [0, 0.1) is 11.8 Å². The lowest BCUT2D eigenvalue weighted by Gasteiger charge is -2.65. The number of hydrogen-bond acceptors (Lipinski definition) is 9. The highest BCUT2D eigenvalue weighted by Crippen LogP contribution is 2.71. The summed E-state index contributed by atoms with van der Waals surface area (Å²) in [6, 6.07) is 16.4. The number of aromatic nitrogens is 4. The predicted octanol–water partition coefficient (Wildman–Crippen LogP) is 7.83. The van der Waals surface area contributed by atoms with Gasteiger partial charge in [0.25, 0.3) is 0 Å². The van der Waals surface area contributed by atoms with Crippen molar-refractivity contribution in [1.82, 2.24) is 45.3 Å². The van der Waals surface area contributed by atoms with Gasteiger partial charge in [0.2, 0.25) is 11.8 Å². The Morgan fingerprint density at radius 3 is 1.48 bits per heavy atom. The van der Waals surface area contributed by atoms with E-state index in [0.29, 0.717) is 25.2 Å². The molecule has 0 radical (unpaired) electrons. The first-order chi connectivity index (χ1) is 30.3. The molecule has 6 unspecified atom stereocenters. The molecule has 7 heterocycles. The second-order valence-corrected chi connectivity index (χ2v) is 19.1. The number of carbonyl (C=O) groups excluding carboxylic acids is 4. The van der Waals surface area contributed by atoms with Crippen LogP contribution in [0.25, 0.3) is 44.3 Å². The summed E-state index contributed by atoms with van der Waals surface area (Å²) in [5.41, 5.74) is 11.3. The Morgan fingerprint density at radius 1 is 0.667 bits per heavy atom. The zero-order valence-electron chi connectivity index (χ0n) is 37.1. The molecule has 0 saturated carbocycles. The van der Waals surface area contributed by atoms with E-state index in [1.807, 2.05) is 37.5 Å². The third-order valence-corrected chi connectivity index (χ3v) is 14.6. The number of methoxy groups -OCH3 is 2. The van der Waals surface area contributed by atoms with Crippen molar-refractivity contribution in [3.63, 3.8) is 0 Å². The van der Waals surface area contributed by atoms with Crippen molar-refractivity contribution in [1.29, 1.82) is 0 Å². The van der Waals surface area contributed by atoms with E-state index in [-0.39, 0.29) is 41.3 Å². The predicted molar refractivity (Wildman–Crippen MR) is 237 cm³/mol. The molecule has 15 nitrogen and oxygen atoms in total. The van der Waals surface area contributed by atoms with E-state index >= 15 is 0 Å².